The van der Waals surface area contributed by atoms with Gasteiger partial charge in [-0.05, 0) is 60.7 Å². The fourth-order valence-electron chi connectivity index (χ4n) is 4.27. The SMILES string of the molecule is CNC(=O)[C@H](C1CCCCC1)N(N)C(=O)c1ccc(-c2ccc(OCc3ccncc3)cn2)o1. The highest BCUT2D eigenvalue weighted by molar-refractivity contribution is 5.95. The van der Waals surface area contributed by atoms with E-state index in [0.29, 0.717) is 23.8 Å². The molecule has 3 heterocycles. The Bertz CT molecular complexity index is 1090. The number of furan rings is 1. The summed E-state index contributed by atoms with van der Waals surface area (Å²) in [6.07, 6.45) is 9.94. The molecular formula is C25H29N5O4. The monoisotopic (exact) mass is 463 g/mol. The number of nitrogens with one attached hydrogen (secondary N) is 1. The van der Waals surface area contributed by atoms with Gasteiger partial charge in [0.25, 0.3) is 0 Å². The van der Waals surface area contributed by atoms with Gasteiger partial charge in [0.2, 0.25) is 5.91 Å². The number of hydrogen-bond donors (Lipinski definition) is 2. The van der Waals surface area contributed by atoms with Gasteiger partial charge < -0.3 is 14.5 Å². The first-order valence-corrected chi connectivity index (χ1v) is 11.4. The lowest BCUT2D eigenvalue weighted by Crippen LogP contribution is -2.56. The van der Waals surface area contributed by atoms with Gasteiger partial charge in [-0.1, -0.05) is 19.3 Å². The summed E-state index contributed by atoms with van der Waals surface area (Å²) < 4.78 is 11.5. The quantitative estimate of drug-likeness (QED) is 0.298. The van der Waals surface area contributed by atoms with Gasteiger partial charge >= 0.3 is 5.91 Å². The standard InChI is InChI=1S/C25H29N5O4/c1-27-24(31)23(18-5-3-2-4-6-18)30(26)25(32)22-10-9-21(34-22)20-8-7-19(15-29-20)33-16-17-11-13-28-14-12-17/h7-15,18,23H,2-6,16,26H2,1H3,(H,27,31)/t23-/m0/s1. The molecule has 0 bridgehead atoms. The van der Waals surface area contributed by atoms with Crippen LogP contribution >= 0.6 is 0 Å². The molecular weight excluding hydrogens is 434 g/mol. The molecule has 1 fully saturated rings. The lowest BCUT2D eigenvalue weighted by atomic mass is 9.83. The van der Waals surface area contributed by atoms with Crippen molar-refractivity contribution >= 4 is 11.8 Å². The Morgan fingerprint density at radius 2 is 1.91 bits per heavy atom. The van der Waals surface area contributed by atoms with Crippen LogP contribution in [0.2, 0.25) is 0 Å². The average molecular weight is 464 g/mol. The van der Waals surface area contributed by atoms with Crippen molar-refractivity contribution in [2.75, 3.05) is 7.05 Å². The van der Waals surface area contributed by atoms with Crippen LogP contribution in [0.3, 0.4) is 0 Å². The van der Waals surface area contributed by atoms with E-state index >= 15 is 0 Å². The third-order valence-corrected chi connectivity index (χ3v) is 6.11. The molecule has 3 aromatic heterocycles. The van der Waals surface area contributed by atoms with Crippen LogP contribution in [0.15, 0.2) is 59.4 Å². The molecule has 0 aliphatic heterocycles. The van der Waals surface area contributed by atoms with Crippen molar-refractivity contribution in [3.05, 3.63) is 66.3 Å². The van der Waals surface area contributed by atoms with E-state index in [1.807, 2.05) is 12.1 Å². The van der Waals surface area contributed by atoms with Gasteiger partial charge in [0.1, 0.15) is 24.1 Å². The van der Waals surface area contributed by atoms with Crippen LogP contribution in [-0.4, -0.2) is 39.9 Å². The molecule has 0 aromatic carbocycles. The predicted octanol–water partition coefficient (Wildman–Crippen LogP) is 3.33. The summed E-state index contributed by atoms with van der Waals surface area (Å²) in [5.41, 5.74) is 1.55. The molecule has 3 N–H and O–H groups in total. The van der Waals surface area contributed by atoms with Gasteiger partial charge in [-0.2, -0.15) is 0 Å². The summed E-state index contributed by atoms with van der Waals surface area (Å²) in [7, 11) is 1.55. The van der Waals surface area contributed by atoms with Crippen LogP contribution in [0.5, 0.6) is 5.75 Å². The molecule has 0 spiro atoms. The third kappa shape index (κ3) is 5.43. The second kappa shape index (κ2) is 10.9. The first kappa shape index (κ1) is 23.4. The maximum atomic E-state index is 13.1. The van der Waals surface area contributed by atoms with Crippen molar-refractivity contribution in [3.8, 4) is 17.2 Å². The number of amides is 2. The molecule has 4 rings (SSSR count). The van der Waals surface area contributed by atoms with Crippen molar-refractivity contribution in [1.82, 2.24) is 20.3 Å². The van der Waals surface area contributed by atoms with Crippen molar-refractivity contribution in [1.29, 1.82) is 0 Å². The van der Waals surface area contributed by atoms with Crippen molar-refractivity contribution < 1.29 is 18.7 Å². The summed E-state index contributed by atoms with van der Waals surface area (Å²) >= 11 is 0. The Kier molecular flexibility index (Phi) is 7.54. The van der Waals surface area contributed by atoms with E-state index in [4.69, 9.17) is 15.0 Å². The predicted molar refractivity (Wildman–Crippen MR) is 125 cm³/mol. The maximum absolute atomic E-state index is 13.1. The number of hydrazine groups is 1. The first-order valence-electron chi connectivity index (χ1n) is 11.4. The van der Waals surface area contributed by atoms with Crippen LogP contribution in [0.25, 0.3) is 11.5 Å². The van der Waals surface area contributed by atoms with Gasteiger partial charge in [0, 0.05) is 19.4 Å². The van der Waals surface area contributed by atoms with Crippen molar-refractivity contribution in [3.63, 3.8) is 0 Å². The number of pyridine rings is 2. The fourth-order valence-corrected chi connectivity index (χ4v) is 4.27. The zero-order valence-corrected chi connectivity index (χ0v) is 19.1. The maximum Gasteiger partial charge on any atom is 0.304 e. The van der Waals surface area contributed by atoms with E-state index in [1.54, 1.807) is 49.9 Å². The molecule has 34 heavy (non-hydrogen) atoms. The summed E-state index contributed by atoms with van der Waals surface area (Å²) in [6, 6.07) is 9.78. The molecule has 9 nitrogen and oxygen atoms in total. The molecule has 1 saturated carbocycles. The molecule has 0 saturated heterocycles. The van der Waals surface area contributed by atoms with Crippen LogP contribution in [0.4, 0.5) is 0 Å². The molecule has 2 amide bonds. The van der Waals surface area contributed by atoms with E-state index in [1.165, 1.54) is 0 Å². The molecule has 178 valence electrons. The Balaban J connectivity index is 1.43. The van der Waals surface area contributed by atoms with Crippen LogP contribution in [0, 0.1) is 5.92 Å². The summed E-state index contributed by atoms with van der Waals surface area (Å²) in [6.45, 7) is 0.406. The minimum absolute atomic E-state index is 0.0263. The molecule has 0 radical (unpaired) electrons. The Hall–Kier alpha value is -3.72. The number of nitrogens with two attached hydrogens (primary N) is 1. The molecule has 1 atom stereocenters. The molecule has 3 aromatic rings. The van der Waals surface area contributed by atoms with Crippen LogP contribution in [-0.2, 0) is 11.4 Å². The smallest absolute Gasteiger partial charge is 0.304 e. The first-order chi connectivity index (χ1) is 16.6. The number of likely N-dealkylation sites (N-methyl/N-ethyl adjacent to an activating group) is 1. The highest BCUT2D eigenvalue weighted by Gasteiger charge is 2.36. The van der Waals surface area contributed by atoms with Gasteiger partial charge in [0.15, 0.2) is 11.5 Å². The molecule has 1 aliphatic carbocycles. The normalized spacial score (nSPS) is 14.9. The van der Waals surface area contributed by atoms with Crippen molar-refractivity contribution in [2.24, 2.45) is 11.8 Å². The summed E-state index contributed by atoms with van der Waals surface area (Å²) in [5.74, 6) is 6.49. The Morgan fingerprint density at radius 3 is 2.59 bits per heavy atom. The Morgan fingerprint density at radius 1 is 1.15 bits per heavy atom. The molecule has 0 unspecified atom stereocenters. The number of carbonyl (C=O) groups is 2. The number of carbonyl (C=O) groups excluding carboxylic acids is 2. The van der Waals surface area contributed by atoms with Crippen LogP contribution < -0.4 is 15.9 Å². The second-order valence-corrected chi connectivity index (χ2v) is 8.36. The molecule has 9 heteroatoms. The van der Waals surface area contributed by atoms with Gasteiger partial charge in [-0.25, -0.2) is 10.8 Å². The largest absolute Gasteiger partial charge is 0.487 e. The second-order valence-electron chi connectivity index (χ2n) is 8.36. The highest BCUT2D eigenvalue weighted by Crippen LogP contribution is 2.30. The number of rotatable bonds is 8. The van der Waals surface area contributed by atoms with Crippen LogP contribution in [0.1, 0.15) is 48.2 Å². The van der Waals surface area contributed by atoms with E-state index in [2.05, 4.69) is 15.3 Å². The zero-order valence-electron chi connectivity index (χ0n) is 19.1. The highest BCUT2D eigenvalue weighted by atomic mass is 16.5. The Labute approximate surface area is 198 Å². The lowest BCUT2D eigenvalue weighted by Gasteiger charge is -2.34. The lowest BCUT2D eigenvalue weighted by molar-refractivity contribution is -0.127. The number of aromatic nitrogens is 2. The minimum Gasteiger partial charge on any atom is -0.487 e. The van der Waals surface area contributed by atoms with E-state index in [0.717, 1.165) is 42.7 Å². The number of hydrogen-bond acceptors (Lipinski definition) is 7. The van der Waals surface area contributed by atoms with E-state index < -0.39 is 11.9 Å². The average Bonchev–Trinajstić information content (AvgIpc) is 3.39. The third-order valence-electron chi connectivity index (χ3n) is 6.11. The van der Waals surface area contributed by atoms with Gasteiger partial charge in [-0.3, -0.25) is 19.6 Å². The molecule has 1 aliphatic rings. The summed E-state index contributed by atoms with van der Waals surface area (Å²) in [4.78, 5) is 34.0. The number of ether oxygens (including phenoxy) is 1. The van der Waals surface area contributed by atoms with E-state index in [-0.39, 0.29) is 17.6 Å². The van der Waals surface area contributed by atoms with Gasteiger partial charge in [0.05, 0.1) is 6.20 Å². The summed E-state index contributed by atoms with van der Waals surface area (Å²) in [5, 5.41) is 3.65. The minimum atomic E-state index is -0.735. The number of nitrogens with zero attached hydrogens (tertiary/aromatic N) is 3. The zero-order chi connectivity index (χ0) is 23.9. The van der Waals surface area contributed by atoms with Crippen molar-refractivity contribution in [2.45, 2.75) is 44.8 Å². The fraction of sp³-hybridized carbons (Fsp3) is 0.360. The topological polar surface area (TPSA) is 124 Å². The van der Waals surface area contributed by atoms with Gasteiger partial charge in [-0.15, -0.1) is 0 Å². The van der Waals surface area contributed by atoms with E-state index in [9.17, 15) is 9.59 Å².